The second-order valence-corrected chi connectivity index (χ2v) is 0.316. The molecule has 4 heteroatoms. The van der Waals surface area contributed by atoms with Crippen molar-refractivity contribution in [2.45, 2.75) is 6.92 Å². The molecule has 0 unspecified atom stereocenters. The SMILES string of the molecule is CCO.Cl.[H-].[H-].[Mg+2].[Ti]. The molecule has 0 amide bonds. The first-order valence-corrected chi connectivity index (χ1v) is 1.02. The van der Waals surface area contributed by atoms with Crippen molar-refractivity contribution in [3.05, 3.63) is 0 Å². The van der Waals surface area contributed by atoms with Gasteiger partial charge in [0.05, 0.1) is 0 Å². The summed E-state index contributed by atoms with van der Waals surface area (Å²) < 4.78 is 0. The molecule has 36 valence electrons. The van der Waals surface area contributed by atoms with Crippen molar-refractivity contribution in [2.75, 3.05) is 6.61 Å². The number of aliphatic hydroxyl groups excluding tert-OH is 1. The molecule has 0 spiro atoms. The van der Waals surface area contributed by atoms with E-state index in [9.17, 15) is 0 Å². The van der Waals surface area contributed by atoms with Gasteiger partial charge in [-0.25, -0.2) is 0 Å². The molecule has 1 N–H and O–H groups in total. The number of rotatable bonds is 0. The maximum absolute atomic E-state index is 7.57. The van der Waals surface area contributed by atoms with E-state index >= 15 is 0 Å². The van der Waals surface area contributed by atoms with E-state index in [0.717, 1.165) is 0 Å². The Morgan fingerprint density at radius 3 is 1.67 bits per heavy atom. The Labute approximate surface area is 78.3 Å². The minimum Gasteiger partial charge on any atom is -1.00 e. The van der Waals surface area contributed by atoms with Gasteiger partial charge in [0.25, 0.3) is 0 Å². The largest absolute Gasteiger partial charge is 2.00 e. The molecule has 0 aromatic heterocycles. The maximum atomic E-state index is 7.57. The molecule has 6 heavy (non-hydrogen) atoms. The Morgan fingerprint density at radius 2 is 1.67 bits per heavy atom. The van der Waals surface area contributed by atoms with Gasteiger partial charge in [-0.1, -0.05) is 0 Å². The molecule has 0 fully saturated rings. The summed E-state index contributed by atoms with van der Waals surface area (Å²) in [5, 5.41) is 7.57. The van der Waals surface area contributed by atoms with Crippen LogP contribution in [-0.2, 0) is 21.7 Å². The van der Waals surface area contributed by atoms with Gasteiger partial charge in [-0.15, -0.1) is 12.4 Å². The van der Waals surface area contributed by atoms with Crippen molar-refractivity contribution in [3.63, 3.8) is 0 Å². The van der Waals surface area contributed by atoms with Crippen LogP contribution >= 0.6 is 12.4 Å². The zero-order chi connectivity index (χ0) is 2.71. The number of aliphatic hydroxyl groups is 1. The normalized spacial score (nSPS) is 3.00. The van der Waals surface area contributed by atoms with E-state index < -0.39 is 0 Å². The fourth-order valence-electron chi connectivity index (χ4n) is 0. The van der Waals surface area contributed by atoms with Crippen molar-refractivity contribution in [3.8, 4) is 0 Å². The fourth-order valence-corrected chi connectivity index (χ4v) is 0. The van der Waals surface area contributed by atoms with Crippen LogP contribution in [0.5, 0.6) is 0 Å². The monoisotopic (exact) mass is 156 g/mol. The van der Waals surface area contributed by atoms with Gasteiger partial charge < -0.3 is 7.96 Å². The molecule has 0 aliphatic rings. The Hall–Kier alpha value is 1.73. The van der Waals surface area contributed by atoms with Crippen LogP contribution in [-0.4, -0.2) is 34.8 Å². The van der Waals surface area contributed by atoms with E-state index in [2.05, 4.69) is 0 Å². The first kappa shape index (κ1) is 25.2. The minimum atomic E-state index is 0. The molecule has 0 saturated carbocycles. The molecule has 0 aromatic carbocycles. The van der Waals surface area contributed by atoms with Crippen molar-refractivity contribution in [2.24, 2.45) is 0 Å². The number of hydrogen-bond donors (Lipinski definition) is 1. The number of hydrogen-bond acceptors (Lipinski definition) is 1. The Bertz CT molecular complexity index is 20.0. The van der Waals surface area contributed by atoms with Crippen LogP contribution in [0.2, 0.25) is 0 Å². The average Bonchev–Trinajstić information content (AvgIpc) is 0.918. The minimum absolute atomic E-state index is 0. The van der Waals surface area contributed by atoms with Crippen molar-refractivity contribution in [1.29, 1.82) is 0 Å². The van der Waals surface area contributed by atoms with Gasteiger partial charge in [0.15, 0.2) is 0 Å². The van der Waals surface area contributed by atoms with E-state index in [1.54, 1.807) is 6.92 Å². The zero-order valence-corrected chi connectivity index (χ0v) is 7.56. The van der Waals surface area contributed by atoms with Gasteiger partial charge in [0, 0.05) is 28.3 Å². The smallest absolute Gasteiger partial charge is 1.00 e. The zero-order valence-electron chi connectivity index (χ0n) is 5.77. The van der Waals surface area contributed by atoms with Crippen LogP contribution < -0.4 is 0 Å². The molecular formula is C2H9ClMgOTi. The summed E-state index contributed by atoms with van der Waals surface area (Å²) in [6, 6.07) is 0. The van der Waals surface area contributed by atoms with Crippen molar-refractivity contribution >= 4 is 35.5 Å². The number of halogens is 1. The van der Waals surface area contributed by atoms with E-state index in [-0.39, 0.29) is 66.6 Å². The maximum Gasteiger partial charge on any atom is 2.00 e. The third kappa shape index (κ3) is 42.8. The van der Waals surface area contributed by atoms with Crippen LogP contribution in [0.25, 0.3) is 0 Å². The molecule has 0 heterocycles. The molecule has 0 radical (unpaired) electrons. The van der Waals surface area contributed by atoms with Crippen LogP contribution in [0.4, 0.5) is 0 Å². The van der Waals surface area contributed by atoms with Crippen molar-refractivity contribution in [1.82, 2.24) is 0 Å². The first-order chi connectivity index (χ1) is 1.41. The van der Waals surface area contributed by atoms with E-state index in [1.165, 1.54) is 0 Å². The predicted octanol–water partition coefficient (Wildman–Crippen LogP) is 0.262. The molecule has 0 rings (SSSR count). The van der Waals surface area contributed by atoms with Gasteiger partial charge in [-0.05, 0) is 6.92 Å². The molecule has 0 saturated heterocycles. The van der Waals surface area contributed by atoms with Gasteiger partial charge in [-0.3, -0.25) is 0 Å². The quantitative estimate of drug-likeness (QED) is 0.499. The van der Waals surface area contributed by atoms with Gasteiger partial charge in [-0.2, -0.15) is 0 Å². The van der Waals surface area contributed by atoms with Crippen molar-refractivity contribution < 1.29 is 29.7 Å². The standard InChI is InChI=1S/C2H6O.ClH.Mg.Ti.2H/c1-2-3;;;;;/h3H,2H2,1H3;1H;;;;/q;;+2;;2*-1. The fraction of sp³-hybridized carbons (Fsp3) is 1.00. The molecule has 0 aliphatic carbocycles. The molecule has 0 bridgehead atoms. The van der Waals surface area contributed by atoms with Crippen LogP contribution in [0.1, 0.15) is 9.78 Å². The topological polar surface area (TPSA) is 20.2 Å². The molecular weight excluding hydrogens is 148 g/mol. The second kappa shape index (κ2) is 29.6. The van der Waals surface area contributed by atoms with E-state index in [4.69, 9.17) is 5.11 Å². The molecule has 0 aromatic rings. The summed E-state index contributed by atoms with van der Waals surface area (Å²) in [6.07, 6.45) is 0. The Kier molecular flexibility index (Phi) is 124. The second-order valence-electron chi connectivity index (χ2n) is 0.316. The van der Waals surface area contributed by atoms with Crippen LogP contribution in [0.15, 0.2) is 0 Å². The predicted molar refractivity (Wildman–Crippen MR) is 28.0 cm³/mol. The van der Waals surface area contributed by atoms with E-state index in [0.29, 0.717) is 0 Å². The summed E-state index contributed by atoms with van der Waals surface area (Å²) in [5.74, 6) is 0. The van der Waals surface area contributed by atoms with Crippen LogP contribution in [0.3, 0.4) is 0 Å². The molecule has 0 atom stereocenters. The summed E-state index contributed by atoms with van der Waals surface area (Å²) >= 11 is 0. The van der Waals surface area contributed by atoms with Gasteiger partial charge in [0.2, 0.25) is 0 Å². The summed E-state index contributed by atoms with van der Waals surface area (Å²) in [4.78, 5) is 0. The Balaban J connectivity index is -0.00000000200. The summed E-state index contributed by atoms with van der Waals surface area (Å²) in [5.41, 5.74) is 0. The average molecular weight is 157 g/mol. The molecule has 1 nitrogen and oxygen atoms in total. The van der Waals surface area contributed by atoms with E-state index in [1.807, 2.05) is 0 Å². The van der Waals surface area contributed by atoms with Gasteiger partial charge in [0.1, 0.15) is 0 Å². The molecule has 0 aliphatic heterocycles. The Morgan fingerprint density at radius 1 is 1.67 bits per heavy atom. The van der Waals surface area contributed by atoms with Gasteiger partial charge >= 0.3 is 23.1 Å². The third-order valence-electron chi connectivity index (χ3n) is 0. The summed E-state index contributed by atoms with van der Waals surface area (Å²) in [6.45, 7) is 1.93. The first-order valence-electron chi connectivity index (χ1n) is 1.02. The third-order valence-corrected chi connectivity index (χ3v) is 0. The van der Waals surface area contributed by atoms with Crippen LogP contribution in [0, 0.1) is 0 Å². The summed E-state index contributed by atoms with van der Waals surface area (Å²) in [7, 11) is 0.